The fraction of sp³-hybridized carbons (Fsp3) is 0. The summed E-state index contributed by atoms with van der Waals surface area (Å²) in [5.41, 5.74) is -0.135. The smallest absolute Gasteiger partial charge is 0.202 e. The lowest BCUT2D eigenvalue weighted by molar-refractivity contribution is 0.404. The molecule has 0 amide bonds. The minimum Gasteiger partial charge on any atom is -0.504 e. The number of rotatable bonds is 1. The number of nitrogens with two attached hydrogens (primary N) is 1. The average Bonchev–Trinajstić information content (AvgIpc) is 2.11. The van der Waals surface area contributed by atoms with E-state index < -0.39 is 17.4 Å². The van der Waals surface area contributed by atoms with Crippen molar-refractivity contribution < 1.29 is 13.9 Å². The summed E-state index contributed by atoms with van der Waals surface area (Å²) in [6, 6.07) is 1.17. The Labute approximate surface area is 81.0 Å². The van der Waals surface area contributed by atoms with Crippen LogP contribution in [0.2, 0.25) is 0 Å². The molecule has 70 valence electrons. The number of hydrazone groups is 1. The monoisotopic (exact) mass is 250 g/mol. The topological polar surface area (TPSA) is 58.6 Å². The lowest BCUT2D eigenvalue weighted by Gasteiger charge is -2.02. The van der Waals surface area contributed by atoms with Gasteiger partial charge in [-0.1, -0.05) is 0 Å². The molecule has 1 rings (SSSR count). The number of halogens is 3. The van der Waals surface area contributed by atoms with Gasteiger partial charge in [-0.25, -0.2) is 4.39 Å². The molecule has 0 unspecified atom stereocenters. The number of hydrogen-bond acceptors (Lipinski definition) is 3. The van der Waals surface area contributed by atoms with Gasteiger partial charge >= 0.3 is 0 Å². The molecule has 1 aromatic carbocycles. The Kier molecular flexibility index (Phi) is 2.82. The van der Waals surface area contributed by atoms with Crippen LogP contribution in [0.1, 0.15) is 5.56 Å². The first-order valence-corrected chi connectivity index (χ1v) is 3.97. The second-order valence-electron chi connectivity index (χ2n) is 2.20. The number of aromatic hydroxyl groups is 1. The molecule has 0 radical (unpaired) electrons. The zero-order valence-corrected chi connectivity index (χ0v) is 7.85. The molecule has 0 heterocycles. The van der Waals surface area contributed by atoms with E-state index in [0.717, 1.165) is 6.21 Å². The Morgan fingerprint density at radius 2 is 2.08 bits per heavy atom. The molecule has 13 heavy (non-hydrogen) atoms. The van der Waals surface area contributed by atoms with Gasteiger partial charge in [0.1, 0.15) is 0 Å². The summed E-state index contributed by atoms with van der Waals surface area (Å²) in [5, 5.41) is 12.0. The van der Waals surface area contributed by atoms with E-state index in [2.05, 4.69) is 21.0 Å². The van der Waals surface area contributed by atoms with Crippen LogP contribution in [-0.2, 0) is 0 Å². The molecule has 6 heteroatoms. The molecule has 0 bridgehead atoms. The van der Waals surface area contributed by atoms with E-state index in [-0.39, 0.29) is 10.0 Å². The standard InChI is InChI=1S/C7H5BrF2N2O/c8-4-1-3(2-12-11)5(9)6(10)7(4)13/h1-2,13H,11H2. The first kappa shape index (κ1) is 9.91. The minimum absolute atomic E-state index is 0.0429. The summed E-state index contributed by atoms with van der Waals surface area (Å²) in [6.45, 7) is 0. The third-order valence-corrected chi connectivity index (χ3v) is 1.98. The quantitative estimate of drug-likeness (QED) is 0.345. The number of phenolic OH excluding ortho intramolecular Hbond substituents is 1. The van der Waals surface area contributed by atoms with Gasteiger partial charge in [0.15, 0.2) is 11.6 Å². The van der Waals surface area contributed by atoms with Crippen LogP contribution in [0.4, 0.5) is 8.78 Å². The molecule has 0 aromatic heterocycles. The van der Waals surface area contributed by atoms with Gasteiger partial charge in [-0.3, -0.25) is 0 Å². The molecule has 0 saturated carbocycles. The highest BCUT2D eigenvalue weighted by Gasteiger charge is 2.15. The van der Waals surface area contributed by atoms with Crippen molar-refractivity contribution in [3.63, 3.8) is 0 Å². The van der Waals surface area contributed by atoms with E-state index >= 15 is 0 Å². The highest BCUT2D eigenvalue weighted by Crippen LogP contribution is 2.30. The third-order valence-electron chi connectivity index (χ3n) is 1.38. The highest BCUT2D eigenvalue weighted by molar-refractivity contribution is 9.10. The summed E-state index contributed by atoms with van der Waals surface area (Å²) in [6.07, 6.45) is 0.947. The zero-order chi connectivity index (χ0) is 10.0. The molecule has 0 aliphatic carbocycles. The van der Waals surface area contributed by atoms with Gasteiger partial charge in [0.2, 0.25) is 5.82 Å². The first-order valence-electron chi connectivity index (χ1n) is 3.17. The normalized spacial score (nSPS) is 11.0. The van der Waals surface area contributed by atoms with Crippen molar-refractivity contribution in [2.75, 3.05) is 0 Å². The molecule has 0 saturated heterocycles. The van der Waals surface area contributed by atoms with Crippen LogP contribution in [0.5, 0.6) is 5.75 Å². The molecule has 1 aromatic rings. The first-order chi connectivity index (χ1) is 6.07. The Morgan fingerprint density at radius 1 is 1.46 bits per heavy atom. The zero-order valence-electron chi connectivity index (χ0n) is 6.26. The van der Waals surface area contributed by atoms with Crippen molar-refractivity contribution in [3.05, 3.63) is 27.7 Å². The molecule has 0 fully saturated rings. The molecule has 3 N–H and O–H groups in total. The van der Waals surface area contributed by atoms with Crippen molar-refractivity contribution in [2.45, 2.75) is 0 Å². The van der Waals surface area contributed by atoms with Crippen molar-refractivity contribution in [1.29, 1.82) is 0 Å². The summed E-state index contributed by atoms with van der Waals surface area (Å²) in [4.78, 5) is 0. The number of benzene rings is 1. The van der Waals surface area contributed by atoms with Crippen LogP contribution >= 0.6 is 15.9 Å². The third kappa shape index (κ3) is 1.77. The van der Waals surface area contributed by atoms with Crippen LogP contribution in [0.3, 0.4) is 0 Å². The second kappa shape index (κ2) is 3.69. The number of hydrogen-bond donors (Lipinski definition) is 2. The SMILES string of the molecule is NN=Cc1cc(Br)c(O)c(F)c1F. The van der Waals surface area contributed by atoms with Crippen LogP contribution < -0.4 is 5.84 Å². The Morgan fingerprint density at radius 3 is 2.62 bits per heavy atom. The van der Waals surface area contributed by atoms with Gasteiger partial charge in [0.05, 0.1) is 10.7 Å². The van der Waals surface area contributed by atoms with E-state index in [1.54, 1.807) is 0 Å². The van der Waals surface area contributed by atoms with Gasteiger partial charge < -0.3 is 10.9 Å². The van der Waals surface area contributed by atoms with Crippen molar-refractivity contribution >= 4 is 22.1 Å². The molecule has 0 spiro atoms. The lowest BCUT2D eigenvalue weighted by atomic mass is 10.2. The summed E-state index contributed by atoms with van der Waals surface area (Å²) < 4.78 is 25.8. The van der Waals surface area contributed by atoms with E-state index in [1.165, 1.54) is 6.07 Å². The van der Waals surface area contributed by atoms with Crippen LogP contribution in [0.15, 0.2) is 15.6 Å². The maximum atomic E-state index is 12.9. The number of phenols is 1. The molecule has 3 nitrogen and oxygen atoms in total. The van der Waals surface area contributed by atoms with E-state index in [9.17, 15) is 8.78 Å². The lowest BCUT2D eigenvalue weighted by Crippen LogP contribution is -1.96. The van der Waals surface area contributed by atoms with E-state index in [0.29, 0.717) is 0 Å². The summed E-state index contributed by atoms with van der Waals surface area (Å²) >= 11 is 2.84. The minimum atomic E-state index is -1.33. The Bertz CT molecular complexity index is 368. The molecule has 0 aliphatic heterocycles. The Hall–Kier alpha value is -1.17. The average molecular weight is 251 g/mol. The summed E-state index contributed by atoms with van der Waals surface area (Å²) in [5.74, 6) is 1.48. The number of nitrogens with zero attached hydrogens (tertiary/aromatic N) is 1. The fourth-order valence-corrected chi connectivity index (χ4v) is 1.20. The molecule has 0 aliphatic rings. The predicted octanol–water partition coefficient (Wildman–Crippen LogP) is 1.73. The van der Waals surface area contributed by atoms with Crippen LogP contribution in [-0.4, -0.2) is 11.3 Å². The molecular weight excluding hydrogens is 246 g/mol. The van der Waals surface area contributed by atoms with Crippen molar-refractivity contribution in [2.24, 2.45) is 10.9 Å². The van der Waals surface area contributed by atoms with Crippen LogP contribution in [0.25, 0.3) is 0 Å². The van der Waals surface area contributed by atoms with Gasteiger partial charge in [-0.2, -0.15) is 9.49 Å². The fourth-order valence-electron chi connectivity index (χ4n) is 0.778. The maximum Gasteiger partial charge on any atom is 0.202 e. The maximum absolute atomic E-state index is 12.9. The summed E-state index contributed by atoms with van der Waals surface area (Å²) in [7, 11) is 0. The van der Waals surface area contributed by atoms with Crippen molar-refractivity contribution in [3.8, 4) is 5.75 Å². The van der Waals surface area contributed by atoms with Gasteiger partial charge in [0.25, 0.3) is 0 Å². The molecular formula is C7H5BrF2N2O. The van der Waals surface area contributed by atoms with Gasteiger partial charge in [-0.05, 0) is 22.0 Å². The van der Waals surface area contributed by atoms with E-state index in [1.807, 2.05) is 0 Å². The second-order valence-corrected chi connectivity index (χ2v) is 3.06. The predicted molar refractivity (Wildman–Crippen MR) is 47.5 cm³/mol. The highest BCUT2D eigenvalue weighted by atomic mass is 79.9. The van der Waals surface area contributed by atoms with Crippen LogP contribution in [0, 0.1) is 11.6 Å². The van der Waals surface area contributed by atoms with Crippen molar-refractivity contribution in [1.82, 2.24) is 0 Å². The van der Waals surface area contributed by atoms with E-state index in [4.69, 9.17) is 10.9 Å². The largest absolute Gasteiger partial charge is 0.504 e. The van der Waals surface area contributed by atoms with Gasteiger partial charge in [0, 0.05) is 5.56 Å². The Balaban J connectivity index is 3.40. The molecule has 0 atom stereocenters. The van der Waals surface area contributed by atoms with Gasteiger partial charge in [-0.15, -0.1) is 0 Å².